The van der Waals surface area contributed by atoms with Crippen molar-refractivity contribution >= 4 is 23.2 Å². The second-order valence-corrected chi connectivity index (χ2v) is 8.34. The van der Waals surface area contributed by atoms with Gasteiger partial charge in [-0.3, -0.25) is 9.59 Å². The van der Waals surface area contributed by atoms with E-state index in [1.165, 1.54) is 13.2 Å². The van der Waals surface area contributed by atoms with E-state index in [1.54, 1.807) is 23.1 Å². The standard InChI is InChI=1S/C26H29N3O4/c1-19(30)27-21-9-5-10-23(17-21)29(26(32)25-11-6-16-33-25)22-12-14-28(15-13-22)18-24(31)20-7-3-2-4-8-20/h2-11,16-17,22,24,31H,12-15,18H2,1H3,(H,27,30). The highest BCUT2D eigenvalue weighted by Crippen LogP contribution is 2.29. The van der Waals surface area contributed by atoms with E-state index in [4.69, 9.17) is 4.42 Å². The van der Waals surface area contributed by atoms with E-state index in [2.05, 4.69) is 10.2 Å². The number of amides is 2. The van der Waals surface area contributed by atoms with E-state index < -0.39 is 6.10 Å². The number of rotatable bonds is 7. The Morgan fingerprint density at radius 1 is 1.09 bits per heavy atom. The molecule has 7 nitrogen and oxygen atoms in total. The molecular formula is C26H29N3O4. The van der Waals surface area contributed by atoms with Gasteiger partial charge in [-0.2, -0.15) is 0 Å². The van der Waals surface area contributed by atoms with Crippen molar-refractivity contribution in [1.82, 2.24) is 4.90 Å². The van der Waals surface area contributed by atoms with E-state index in [0.29, 0.717) is 17.9 Å². The van der Waals surface area contributed by atoms with E-state index in [-0.39, 0.29) is 23.6 Å². The van der Waals surface area contributed by atoms with Crippen molar-refractivity contribution in [2.75, 3.05) is 29.9 Å². The number of aliphatic hydroxyl groups is 1. The Balaban J connectivity index is 1.49. The largest absolute Gasteiger partial charge is 0.459 e. The van der Waals surface area contributed by atoms with Gasteiger partial charge < -0.3 is 24.6 Å². The van der Waals surface area contributed by atoms with Crippen molar-refractivity contribution in [3.05, 3.63) is 84.3 Å². The van der Waals surface area contributed by atoms with Crippen LogP contribution in [0.2, 0.25) is 0 Å². The molecule has 0 aliphatic carbocycles. The summed E-state index contributed by atoms with van der Waals surface area (Å²) in [6, 6.07) is 20.3. The number of nitrogens with one attached hydrogen (secondary N) is 1. The lowest BCUT2D eigenvalue weighted by molar-refractivity contribution is -0.114. The first-order valence-corrected chi connectivity index (χ1v) is 11.2. The fourth-order valence-corrected chi connectivity index (χ4v) is 4.33. The van der Waals surface area contributed by atoms with Crippen molar-refractivity contribution in [3.63, 3.8) is 0 Å². The minimum absolute atomic E-state index is 0.0275. The average Bonchev–Trinajstić information content (AvgIpc) is 3.36. The number of furan rings is 1. The first kappa shape index (κ1) is 22.8. The highest BCUT2D eigenvalue weighted by molar-refractivity contribution is 6.05. The summed E-state index contributed by atoms with van der Waals surface area (Å²) in [5.41, 5.74) is 2.26. The van der Waals surface area contributed by atoms with Gasteiger partial charge in [-0.1, -0.05) is 36.4 Å². The summed E-state index contributed by atoms with van der Waals surface area (Å²) in [5, 5.41) is 13.4. The first-order chi connectivity index (χ1) is 16.0. The molecule has 2 N–H and O–H groups in total. The normalized spacial score (nSPS) is 15.7. The molecule has 172 valence electrons. The fraction of sp³-hybridized carbons (Fsp3) is 0.308. The number of likely N-dealkylation sites (tertiary alicyclic amines) is 1. The molecule has 1 atom stereocenters. The molecule has 2 amide bonds. The SMILES string of the molecule is CC(=O)Nc1cccc(N(C(=O)c2ccco2)C2CCN(CC(O)c3ccccc3)CC2)c1. The number of piperidine rings is 1. The Bertz CT molecular complexity index is 1060. The third-order valence-electron chi connectivity index (χ3n) is 5.93. The van der Waals surface area contributed by atoms with Crippen LogP contribution in [0.4, 0.5) is 11.4 Å². The lowest BCUT2D eigenvalue weighted by atomic mass is 10.00. The summed E-state index contributed by atoms with van der Waals surface area (Å²) in [7, 11) is 0. The minimum atomic E-state index is -0.544. The highest BCUT2D eigenvalue weighted by Gasteiger charge is 2.31. The molecule has 2 aromatic carbocycles. The summed E-state index contributed by atoms with van der Waals surface area (Å²) >= 11 is 0. The van der Waals surface area contributed by atoms with Crippen LogP contribution < -0.4 is 10.2 Å². The highest BCUT2D eigenvalue weighted by atomic mass is 16.3. The van der Waals surface area contributed by atoms with Crippen LogP contribution in [0.1, 0.15) is 42.0 Å². The molecule has 0 saturated carbocycles. The monoisotopic (exact) mass is 447 g/mol. The van der Waals surface area contributed by atoms with Crippen LogP contribution >= 0.6 is 0 Å². The number of carbonyl (C=O) groups excluding carboxylic acids is 2. The Morgan fingerprint density at radius 3 is 2.52 bits per heavy atom. The van der Waals surface area contributed by atoms with Gasteiger partial charge in [0.2, 0.25) is 5.91 Å². The second-order valence-electron chi connectivity index (χ2n) is 8.34. The van der Waals surface area contributed by atoms with Gasteiger partial charge in [0, 0.05) is 44.0 Å². The van der Waals surface area contributed by atoms with Crippen LogP contribution in [-0.2, 0) is 4.79 Å². The van der Waals surface area contributed by atoms with Gasteiger partial charge in [0.05, 0.1) is 12.4 Å². The zero-order chi connectivity index (χ0) is 23.2. The molecule has 1 fully saturated rings. The third kappa shape index (κ3) is 5.69. The van der Waals surface area contributed by atoms with Crippen LogP contribution in [0.25, 0.3) is 0 Å². The molecule has 0 bridgehead atoms. The van der Waals surface area contributed by atoms with Gasteiger partial charge >= 0.3 is 0 Å². The molecule has 33 heavy (non-hydrogen) atoms. The number of hydrogen-bond donors (Lipinski definition) is 2. The Labute approximate surface area is 193 Å². The lowest BCUT2D eigenvalue weighted by Crippen LogP contribution is -2.48. The first-order valence-electron chi connectivity index (χ1n) is 11.2. The maximum atomic E-state index is 13.4. The van der Waals surface area contributed by atoms with Gasteiger partial charge in [0.15, 0.2) is 5.76 Å². The zero-order valence-corrected chi connectivity index (χ0v) is 18.7. The van der Waals surface area contributed by atoms with E-state index >= 15 is 0 Å². The number of β-amino-alcohol motifs (C(OH)–C–C–N with tert-alkyl or cyclic N) is 1. The topological polar surface area (TPSA) is 86.0 Å². The van der Waals surface area contributed by atoms with E-state index in [9.17, 15) is 14.7 Å². The maximum Gasteiger partial charge on any atom is 0.294 e. The summed E-state index contributed by atoms with van der Waals surface area (Å²) < 4.78 is 5.40. The van der Waals surface area contributed by atoms with Gasteiger partial charge in [0.1, 0.15) is 0 Å². The molecule has 2 heterocycles. The van der Waals surface area contributed by atoms with Crippen LogP contribution in [0.3, 0.4) is 0 Å². The van der Waals surface area contributed by atoms with Crippen molar-refractivity contribution in [2.24, 2.45) is 0 Å². The van der Waals surface area contributed by atoms with Crippen LogP contribution in [0.5, 0.6) is 0 Å². The number of aliphatic hydroxyl groups excluding tert-OH is 1. The molecule has 1 saturated heterocycles. The Morgan fingerprint density at radius 2 is 1.85 bits per heavy atom. The number of hydrogen-bond acceptors (Lipinski definition) is 5. The number of carbonyl (C=O) groups is 2. The second kappa shape index (κ2) is 10.5. The summed E-state index contributed by atoms with van der Waals surface area (Å²) in [6.07, 6.45) is 2.47. The Kier molecular flexibility index (Phi) is 7.22. The lowest BCUT2D eigenvalue weighted by Gasteiger charge is -2.39. The molecule has 3 aromatic rings. The van der Waals surface area contributed by atoms with Crippen molar-refractivity contribution in [2.45, 2.75) is 31.9 Å². The summed E-state index contributed by atoms with van der Waals surface area (Å²) in [4.78, 5) is 28.9. The fourth-order valence-electron chi connectivity index (χ4n) is 4.33. The number of anilines is 2. The van der Waals surface area contributed by atoms with Gasteiger partial charge in [-0.25, -0.2) is 0 Å². The predicted octanol–water partition coefficient (Wildman–Crippen LogP) is 4.08. The summed E-state index contributed by atoms with van der Waals surface area (Å²) in [5.74, 6) is -0.0917. The van der Waals surface area contributed by atoms with Gasteiger partial charge in [0.25, 0.3) is 5.91 Å². The molecule has 7 heteroatoms. The average molecular weight is 448 g/mol. The van der Waals surface area contributed by atoms with E-state index in [0.717, 1.165) is 31.5 Å². The smallest absolute Gasteiger partial charge is 0.294 e. The van der Waals surface area contributed by atoms with Crippen molar-refractivity contribution < 1.29 is 19.1 Å². The van der Waals surface area contributed by atoms with Crippen LogP contribution in [0, 0.1) is 0 Å². The predicted molar refractivity (Wildman–Crippen MR) is 127 cm³/mol. The quantitative estimate of drug-likeness (QED) is 0.570. The van der Waals surface area contributed by atoms with Crippen LogP contribution in [-0.4, -0.2) is 47.5 Å². The number of nitrogens with zero attached hydrogens (tertiary/aromatic N) is 2. The zero-order valence-electron chi connectivity index (χ0n) is 18.7. The van der Waals surface area contributed by atoms with Gasteiger partial charge in [-0.05, 0) is 48.7 Å². The molecule has 1 aliphatic rings. The van der Waals surface area contributed by atoms with Crippen LogP contribution in [0.15, 0.2) is 77.4 Å². The van der Waals surface area contributed by atoms with E-state index in [1.807, 2.05) is 48.5 Å². The maximum absolute atomic E-state index is 13.4. The molecule has 1 aromatic heterocycles. The minimum Gasteiger partial charge on any atom is -0.459 e. The van der Waals surface area contributed by atoms with Gasteiger partial charge in [-0.15, -0.1) is 0 Å². The van der Waals surface area contributed by atoms with Crippen molar-refractivity contribution in [3.8, 4) is 0 Å². The van der Waals surface area contributed by atoms with Crippen molar-refractivity contribution in [1.29, 1.82) is 0 Å². The number of benzene rings is 2. The molecule has 4 rings (SSSR count). The molecule has 0 spiro atoms. The molecule has 1 aliphatic heterocycles. The summed E-state index contributed by atoms with van der Waals surface area (Å²) in [6.45, 7) is 3.54. The molecule has 0 radical (unpaired) electrons. The third-order valence-corrected chi connectivity index (χ3v) is 5.93. The molecule has 1 unspecified atom stereocenters. The molecular weight excluding hydrogens is 418 g/mol. The Hall–Kier alpha value is -3.42.